The summed E-state index contributed by atoms with van der Waals surface area (Å²) in [5.41, 5.74) is 2.17. The number of hydrogen-bond donors (Lipinski definition) is 1. The molecule has 9 nitrogen and oxygen atoms in total. The van der Waals surface area contributed by atoms with Crippen LogP contribution in [0.25, 0.3) is 0 Å². The Hall–Kier alpha value is -4.45. The molecule has 3 heterocycles. The number of rotatable bonds is 7. The number of hydrogen-bond acceptors (Lipinski definition) is 6. The predicted octanol–water partition coefficient (Wildman–Crippen LogP) is 4.96. The number of halogens is 2. The molecule has 0 aromatic heterocycles. The fourth-order valence-electron chi connectivity index (χ4n) is 6.22. The van der Waals surface area contributed by atoms with Crippen LogP contribution < -0.4 is 20.0 Å². The summed E-state index contributed by atoms with van der Waals surface area (Å²) in [5, 5.41) is 2.71. The summed E-state index contributed by atoms with van der Waals surface area (Å²) in [7, 11) is -2.32. The number of urea groups is 1. The summed E-state index contributed by atoms with van der Waals surface area (Å²) in [4.78, 5) is 43.1. The Balaban J connectivity index is 1.18. The van der Waals surface area contributed by atoms with Crippen LogP contribution in [0.4, 0.5) is 19.3 Å². The number of ether oxygens (including phenoxy) is 3. The van der Waals surface area contributed by atoms with Gasteiger partial charge in [0.15, 0.2) is 11.5 Å². The second-order valence-electron chi connectivity index (χ2n) is 12.7. The number of benzene rings is 3. The Labute approximate surface area is 261 Å². The van der Waals surface area contributed by atoms with Crippen molar-refractivity contribution in [1.82, 2.24) is 9.80 Å². The van der Waals surface area contributed by atoms with Crippen molar-refractivity contribution in [3.8, 4) is 11.5 Å². The molecule has 1 fully saturated rings. The maximum Gasteiger partial charge on any atom is 0.320 e. The van der Waals surface area contributed by atoms with Crippen LogP contribution in [0.3, 0.4) is 0 Å². The minimum atomic E-state index is -2.32. The van der Waals surface area contributed by atoms with Gasteiger partial charge in [0.05, 0.1) is 14.5 Å². The van der Waals surface area contributed by atoms with E-state index in [9.17, 15) is 14.4 Å². The summed E-state index contributed by atoms with van der Waals surface area (Å²) in [6.07, 6.45) is 0.603. The van der Waals surface area contributed by atoms with Crippen molar-refractivity contribution in [2.75, 3.05) is 31.7 Å². The Morgan fingerprint density at radius 1 is 1.00 bits per heavy atom. The van der Waals surface area contributed by atoms with Gasteiger partial charge in [-0.2, -0.15) is 0 Å². The van der Waals surface area contributed by atoms with Crippen molar-refractivity contribution in [3.63, 3.8) is 0 Å². The highest BCUT2D eigenvalue weighted by atomic mass is 28.3. The summed E-state index contributed by atoms with van der Waals surface area (Å²) in [6, 6.07) is 13.6. The number of carbonyl (C=O) groups is 3. The van der Waals surface area contributed by atoms with E-state index in [1.165, 1.54) is 4.90 Å². The molecule has 0 spiro atoms. The molecule has 3 aliphatic rings. The largest absolute Gasteiger partial charge is 0.461 e. The third-order valence-corrected chi connectivity index (χ3v) is 10.3. The van der Waals surface area contributed by atoms with Crippen LogP contribution in [0.15, 0.2) is 54.6 Å². The zero-order valence-corrected chi connectivity index (χ0v) is 26.4. The van der Waals surface area contributed by atoms with Gasteiger partial charge in [0.2, 0.25) is 6.79 Å². The Morgan fingerprint density at radius 3 is 2.40 bits per heavy atom. The molecular formula is C33H35F2N3O6Si. The third kappa shape index (κ3) is 6.24. The number of esters is 1. The summed E-state index contributed by atoms with van der Waals surface area (Å²) < 4.78 is 46.6. The average Bonchev–Trinajstić information content (AvgIpc) is 3.45. The van der Waals surface area contributed by atoms with E-state index in [4.69, 9.17) is 14.2 Å². The zero-order chi connectivity index (χ0) is 31.9. The second-order valence-corrected chi connectivity index (χ2v) is 17.7. The highest BCUT2D eigenvalue weighted by Crippen LogP contribution is 2.44. The molecule has 1 N–H and O–H groups in total. The van der Waals surface area contributed by atoms with Crippen molar-refractivity contribution >= 4 is 36.9 Å². The van der Waals surface area contributed by atoms with Crippen LogP contribution in [0.2, 0.25) is 19.6 Å². The number of nitrogens with zero attached hydrogens (tertiary/aromatic N) is 2. The molecule has 1 saturated heterocycles. The minimum absolute atomic E-state index is 0.0321. The first-order valence-electron chi connectivity index (χ1n) is 15.0. The molecule has 1 atom stereocenters. The number of fused-ring (bicyclic) bond motifs is 3. The number of carbonyl (C=O) groups excluding carboxylic acids is 3. The summed E-state index contributed by atoms with van der Waals surface area (Å²) in [5.74, 6) is -1.33. The van der Waals surface area contributed by atoms with E-state index in [1.54, 1.807) is 17.0 Å². The minimum Gasteiger partial charge on any atom is -0.461 e. The average molecular weight is 636 g/mol. The monoisotopic (exact) mass is 635 g/mol. The molecule has 0 saturated carbocycles. The van der Waals surface area contributed by atoms with Gasteiger partial charge in [-0.1, -0.05) is 56.0 Å². The number of amides is 3. The van der Waals surface area contributed by atoms with Crippen LogP contribution in [-0.2, 0) is 27.4 Å². The van der Waals surface area contributed by atoms with Crippen molar-refractivity contribution < 1.29 is 37.4 Å². The number of likely N-dealkylation sites (tertiary alicyclic amines) is 1. The zero-order valence-electron chi connectivity index (χ0n) is 25.4. The van der Waals surface area contributed by atoms with E-state index in [1.807, 2.05) is 50.0 Å². The van der Waals surface area contributed by atoms with Crippen molar-refractivity contribution in [1.29, 1.82) is 0 Å². The lowest BCUT2D eigenvalue weighted by molar-refractivity contribution is -0.147. The Morgan fingerprint density at radius 2 is 1.71 bits per heavy atom. The lowest BCUT2D eigenvalue weighted by Crippen LogP contribution is -2.58. The second kappa shape index (κ2) is 12.1. The van der Waals surface area contributed by atoms with E-state index < -0.39 is 31.7 Å². The smallest absolute Gasteiger partial charge is 0.320 e. The van der Waals surface area contributed by atoms with E-state index in [-0.39, 0.29) is 55.2 Å². The van der Waals surface area contributed by atoms with Crippen molar-refractivity contribution in [3.05, 3.63) is 82.9 Å². The number of nitrogens with one attached hydrogen (secondary N) is 1. The van der Waals surface area contributed by atoms with Crippen LogP contribution >= 0.6 is 0 Å². The van der Waals surface area contributed by atoms with Crippen molar-refractivity contribution in [2.24, 2.45) is 5.92 Å². The Kier molecular flexibility index (Phi) is 8.25. The van der Waals surface area contributed by atoms with Gasteiger partial charge >= 0.3 is 12.0 Å². The van der Waals surface area contributed by atoms with Gasteiger partial charge in [0.1, 0.15) is 24.3 Å². The van der Waals surface area contributed by atoms with Gasteiger partial charge in [-0.05, 0) is 35.7 Å². The lowest BCUT2D eigenvalue weighted by Gasteiger charge is -2.45. The molecule has 0 aliphatic carbocycles. The molecule has 3 amide bonds. The molecule has 3 aromatic carbocycles. The fraction of sp³-hybridized carbons (Fsp3) is 0.364. The quantitative estimate of drug-likeness (QED) is 0.291. The van der Waals surface area contributed by atoms with Gasteiger partial charge in [0, 0.05) is 42.0 Å². The SMILES string of the molecule is C[Si](C)(C)c1c(F)cc(NC(=O)[C@H]2c3ccc4c(c3CCN2C(=O)N2CC(CC(=O)OCc3ccccc3)C2)OCO4)cc1F. The van der Waals surface area contributed by atoms with Crippen LogP contribution in [0.5, 0.6) is 11.5 Å². The normalized spacial score (nSPS) is 17.4. The van der Waals surface area contributed by atoms with Gasteiger partial charge in [0.25, 0.3) is 5.91 Å². The van der Waals surface area contributed by atoms with Gasteiger partial charge in [-0.25, -0.2) is 13.6 Å². The molecular weight excluding hydrogens is 600 g/mol. The summed E-state index contributed by atoms with van der Waals surface area (Å²) in [6.45, 7) is 6.65. The van der Waals surface area contributed by atoms with E-state index >= 15 is 8.78 Å². The number of anilines is 1. The van der Waals surface area contributed by atoms with Crippen LogP contribution in [0, 0.1) is 17.6 Å². The molecule has 0 radical (unpaired) electrons. The molecule has 0 bridgehead atoms. The predicted molar refractivity (Wildman–Crippen MR) is 165 cm³/mol. The molecule has 6 rings (SSSR count). The molecule has 45 heavy (non-hydrogen) atoms. The first-order valence-corrected chi connectivity index (χ1v) is 18.5. The van der Waals surface area contributed by atoms with E-state index in [2.05, 4.69) is 5.32 Å². The fourth-order valence-corrected chi connectivity index (χ4v) is 7.80. The maximum atomic E-state index is 15.0. The first-order chi connectivity index (χ1) is 21.5. The standard InChI is InChI=1S/C33H35F2N3O6Si/c1-45(2,3)31-25(34)14-22(15-26(31)35)36-32(40)29-23-9-10-27-30(44-19-43-27)24(23)11-12-38(29)33(41)37-16-21(17-37)13-28(39)42-18-20-7-5-4-6-8-20/h4-10,14-15,21,29H,11-13,16-19H2,1-3H3,(H,36,40)/t29-/m1/s1. The highest BCUT2D eigenvalue weighted by molar-refractivity contribution is 6.88. The van der Waals surface area contributed by atoms with Crippen LogP contribution in [0.1, 0.15) is 29.2 Å². The molecule has 3 aliphatic heterocycles. The maximum absolute atomic E-state index is 15.0. The van der Waals surface area contributed by atoms with E-state index in [0.29, 0.717) is 36.6 Å². The first kappa shape index (κ1) is 30.6. The van der Waals surface area contributed by atoms with Gasteiger partial charge in [-0.3, -0.25) is 9.59 Å². The molecule has 0 unspecified atom stereocenters. The third-order valence-electron chi connectivity index (χ3n) is 8.37. The lowest BCUT2D eigenvalue weighted by atomic mass is 9.90. The van der Waals surface area contributed by atoms with Gasteiger partial charge in [-0.15, -0.1) is 0 Å². The van der Waals surface area contributed by atoms with Crippen molar-refractivity contribution in [2.45, 2.75) is 45.1 Å². The molecule has 236 valence electrons. The topological polar surface area (TPSA) is 97.4 Å². The molecule has 3 aromatic rings. The highest BCUT2D eigenvalue weighted by Gasteiger charge is 2.43. The Bertz CT molecular complexity index is 1620. The van der Waals surface area contributed by atoms with Crippen LogP contribution in [-0.4, -0.2) is 62.2 Å². The molecule has 12 heteroatoms. The van der Waals surface area contributed by atoms with Gasteiger partial charge < -0.3 is 29.3 Å². The van der Waals surface area contributed by atoms with E-state index in [0.717, 1.165) is 23.3 Å². The summed E-state index contributed by atoms with van der Waals surface area (Å²) >= 11 is 0.